The third kappa shape index (κ3) is 1.81. The van der Waals surface area contributed by atoms with Crippen LogP contribution >= 0.6 is 0 Å². The highest BCUT2D eigenvalue weighted by Gasteiger charge is 2.29. The summed E-state index contributed by atoms with van der Waals surface area (Å²) in [5.41, 5.74) is 3.31. The highest BCUT2D eigenvalue weighted by atomic mass is 16.4. The highest BCUT2D eigenvalue weighted by Crippen LogP contribution is 2.33. The van der Waals surface area contributed by atoms with Crippen LogP contribution in [0, 0.1) is 0 Å². The van der Waals surface area contributed by atoms with Gasteiger partial charge >= 0.3 is 17.9 Å². The lowest BCUT2D eigenvalue weighted by Crippen LogP contribution is -2.17. The topological polar surface area (TPSA) is 138 Å². The molecule has 0 aromatic heterocycles. The summed E-state index contributed by atoms with van der Waals surface area (Å²) in [7, 11) is 0. The number of hydrogen-bond donors (Lipinski definition) is 4. The number of fused-ring (bicyclic) bond motifs is 1. The van der Waals surface area contributed by atoms with Gasteiger partial charge in [-0.1, -0.05) is 24.3 Å². The molecular formula is C13H9NO6. The number of anilines is 1. The molecule has 0 atom stereocenters. The number of carbonyl (C=O) groups is 3. The van der Waals surface area contributed by atoms with Crippen LogP contribution < -0.4 is 5.73 Å². The second-order valence-electron chi connectivity index (χ2n) is 4.00. The molecule has 0 aliphatic rings. The van der Waals surface area contributed by atoms with E-state index in [9.17, 15) is 19.5 Å². The Balaban J connectivity index is 3.15. The van der Waals surface area contributed by atoms with Crippen molar-refractivity contribution in [1.82, 2.24) is 0 Å². The second kappa shape index (κ2) is 4.54. The summed E-state index contributed by atoms with van der Waals surface area (Å²) >= 11 is 0. The number of hydrogen-bond acceptors (Lipinski definition) is 4. The minimum Gasteiger partial charge on any atom is -0.478 e. The van der Waals surface area contributed by atoms with Crippen molar-refractivity contribution in [1.29, 1.82) is 0 Å². The van der Waals surface area contributed by atoms with Crippen molar-refractivity contribution in [3.63, 3.8) is 0 Å². The molecule has 7 heteroatoms. The van der Waals surface area contributed by atoms with Gasteiger partial charge in [-0.2, -0.15) is 0 Å². The Hall–Kier alpha value is -3.09. The first kappa shape index (κ1) is 13.3. The number of benzene rings is 2. The minimum absolute atomic E-state index is 0.0832. The van der Waals surface area contributed by atoms with Crippen LogP contribution in [0.15, 0.2) is 24.3 Å². The van der Waals surface area contributed by atoms with Gasteiger partial charge in [0.2, 0.25) is 0 Å². The van der Waals surface area contributed by atoms with Crippen LogP contribution in [0.25, 0.3) is 10.8 Å². The molecule has 0 fully saturated rings. The number of rotatable bonds is 3. The molecule has 0 aliphatic heterocycles. The van der Waals surface area contributed by atoms with Crippen molar-refractivity contribution in [3.05, 3.63) is 41.0 Å². The summed E-state index contributed by atoms with van der Waals surface area (Å²) in [6, 6.07) is 5.89. The molecule has 7 nitrogen and oxygen atoms in total. The second-order valence-corrected chi connectivity index (χ2v) is 4.00. The molecule has 0 unspecified atom stereocenters. The normalized spacial score (nSPS) is 10.4. The maximum atomic E-state index is 11.3. The van der Waals surface area contributed by atoms with Gasteiger partial charge in [0.1, 0.15) is 0 Å². The van der Waals surface area contributed by atoms with Crippen LogP contribution in [0.5, 0.6) is 0 Å². The molecule has 2 aromatic rings. The molecule has 0 bridgehead atoms. The molecule has 2 aromatic carbocycles. The molecule has 0 saturated heterocycles. The van der Waals surface area contributed by atoms with Crippen LogP contribution in [0.4, 0.5) is 5.69 Å². The predicted molar refractivity (Wildman–Crippen MR) is 69.2 cm³/mol. The van der Waals surface area contributed by atoms with E-state index < -0.39 is 34.6 Å². The van der Waals surface area contributed by atoms with Gasteiger partial charge in [-0.3, -0.25) is 0 Å². The zero-order chi connectivity index (χ0) is 15.0. The van der Waals surface area contributed by atoms with Crippen LogP contribution in [0.2, 0.25) is 0 Å². The summed E-state index contributed by atoms with van der Waals surface area (Å²) < 4.78 is 0. The summed E-state index contributed by atoms with van der Waals surface area (Å²) in [4.78, 5) is 33.8. The summed E-state index contributed by atoms with van der Waals surface area (Å²) in [6.45, 7) is 0. The lowest BCUT2D eigenvalue weighted by Gasteiger charge is -2.13. The molecule has 20 heavy (non-hydrogen) atoms. The van der Waals surface area contributed by atoms with Gasteiger partial charge in [-0.05, 0) is 5.39 Å². The number of nitrogen functional groups attached to an aromatic ring is 1. The molecule has 0 radical (unpaired) electrons. The third-order valence-corrected chi connectivity index (χ3v) is 2.90. The van der Waals surface area contributed by atoms with Crippen molar-refractivity contribution in [2.24, 2.45) is 0 Å². The van der Waals surface area contributed by atoms with E-state index in [1.165, 1.54) is 18.2 Å². The minimum atomic E-state index is -1.66. The van der Waals surface area contributed by atoms with Crippen molar-refractivity contribution in [2.45, 2.75) is 0 Å². The van der Waals surface area contributed by atoms with Crippen LogP contribution in [-0.2, 0) is 0 Å². The van der Waals surface area contributed by atoms with E-state index in [-0.39, 0.29) is 16.5 Å². The molecule has 5 N–H and O–H groups in total. The fraction of sp³-hybridized carbons (Fsp3) is 0. The average Bonchev–Trinajstić information content (AvgIpc) is 2.37. The molecule has 2 rings (SSSR count). The molecule has 0 aliphatic carbocycles. The van der Waals surface area contributed by atoms with Gasteiger partial charge in [-0.15, -0.1) is 0 Å². The Bertz CT molecular complexity index is 765. The lowest BCUT2D eigenvalue weighted by atomic mass is 9.92. The van der Waals surface area contributed by atoms with Crippen molar-refractivity contribution >= 4 is 34.4 Å². The Morgan fingerprint density at radius 2 is 1.20 bits per heavy atom. The summed E-state index contributed by atoms with van der Waals surface area (Å²) in [6.07, 6.45) is 0. The lowest BCUT2D eigenvalue weighted by molar-refractivity contribution is 0.0635. The number of nitrogens with two attached hydrogens (primary N) is 1. The van der Waals surface area contributed by atoms with Crippen LogP contribution in [0.3, 0.4) is 0 Å². The standard InChI is InChI=1S/C13H9NO6/c14-10-6-4-2-1-3-5(6)7(11(15)16)8(12(17)18)9(10)13(19)20/h1-4H,14H2,(H,15,16)(H,17,18)(H,19,20). The van der Waals surface area contributed by atoms with E-state index in [0.29, 0.717) is 0 Å². The van der Waals surface area contributed by atoms with Crippen molar-refractivity contribution in [2.75, 3.05) is 5.73 Å². The number of carboxylic acid groups (broad SMARTS) is 3. The Kier molecular flexibility index (Phi) is 3.03. The van der Waals surface area contributed by atoms with Gasteiger partial charge in [0.15, 0.2) is 0 Å². The number of carboxylic acids is 3. The fourth-order valence-electron chi connectivity index (χ4n) is 2.12. The SMILES string of the molecule is Nc1c(C(=O)O)c(C(=O)O)c(C(=O)O)c2ccccc12. The highest BCUT2D eigenvalue weighted by molar-refractivity contribution is 6.21. The fourth-order valence-corrected chi connectivity index (χ4v) is 2.12. The van der Waals surface area contributed by atoms with Gasteiger partial charge in [0, 0.05) is 5.39 Å². The van der Waals surface area contributed by atoms with Crippen molar-refractivity contribution in [3.8, 4) is 0 Å². The summed E-state index contributed by atoms with van der Waals surface area (Å²) in [5.74, 6) is -4.77. The van der Waals surface area contributed by atoms with Gasteiger partial charge < -0.3 is 21.1 Å². The maximum absolute atomic E-state index is 11.3. The molecular weight excluding hydrogens is 266 g/mol. The van der Waals surface area contributed by atoms with Crippen LogP contribution in [-0.4, -0.2) is 33.2 Å². The quantitative estimate of drug-likeness (QED) is 0.623. The Morgan fingerprint density at radius 1 is 0.750 bits per heavy atom. The largest absolute Gasteiger partial charge is 0.478 e. The van der Waals surface area contributed by atoms with Crippen molar-refractivity contribution < 1.29 is 29.7 Å². The maximum Gasteiger partial charge on any atom is 0.338 e. The smallest absolute Gasteiger partial charge is 0.338 e. The van der Waals surface area contributed by atoms with E-state index in [2.05, 4.69) is 0 Å². The molecule has 0 saturated carbocycles. The first-order valence-electron chi connectivity index (χ1n) is 5.40. The number of aromatic carboxylic acids is 3. The molecule has 0 spiro atoms. The molecule has 102 valence electrons. The van der Waals surface area contributed by atoms with Crippen LogP contribution in [0.1, 0.15) is 31.1 Å². The first-order chi connectivity index (χ1) is 9.36. The monoisotopic (exact) mass is 275 g/mol. The van der Waals surface area contributed by atoms with E-state index in [1.54, 1.807) is 6.07 Å². The first-order valence-corrected chi connectivity index (χ1v) is 5.40. The zero-order valence-electron chi connectivity index (χ0n) is 9.95. The average molecular weight is 275 g/mol. The van der Waals surface area contributed by atoms with E-state index >= 15 is 0 Å². The molecule has 0 heterocycles. The molecule has 0 amide bonds. The third-order valence-electron chi connectivity index (χ3n) is 2.90. The van der Waals surface area contributed by atoms with Gasteiger partial charge in [0.25, 0.3) is 0 Å². The Labute approximate surface area is 111 Å². The predicted octanol–water partition coefficient (Wildman–Crippen LogP) is 1.52. The van der Waals surface area contributed by atoms with Gasteiger partial charge in [-0.25, -0.2) is 14.4 Å². The summed E-state index contributed by atoms with van der Waals surface area (Å²) in [5, 5.41) is 27.8. The van der Waals surface area contributed by atoms with E-state index in [0.717, 1.165) is 0 Å². The van der Waals surface area contributed by atoms with Gasteiger partial charge in [0.05, 0.1) is 22.4 Å². The zero-order valence-corrected chi connectivity index (χ0v) is 9.95. The van der Waals surface area contributed by atoms with E-state index in [4.69, 9.17) is 15.9 Å². The Morgan fingerprint density at radius 3 is 1.65 bits per heavy atom. The van der Waals surface area contributed by atoms with E-state index in [1.807, 2.05) is 0 Å².